The first-order chi connectivity index (χ1) is 13.9. The highest BCUT2D eigenvalue weighted by atomic mass is 19.1. The predicted molar refractivity (Wildman–Crippen MR) is 101 cm³/mol. The molecule has 2 amide bonds. The summed E-state index contributed by atoms with van der Waals surface area (Å²) in [6, 6.07) is 8.89. The highest BCUT2D eigenvalue weighted by molar-refractivity contribution is 5.96. The molecule has 0 aromatic heterocycles. The van der Waals surface area contributed by atoms with Gasteiger partial charge in [0.1, 0.15) is 11.6 Å². The average Bonchev–Trinajstić information content (AvgIpc) is 2.74. The smallest absolute Gasteiger partial charge is 0.337 e. The van der Waals surface area contributed by atoms with E-state index in [4.69, 9.17) is 0 Å². The van der Waals surface area contributed by atoms with E-state index in [-0.39, 0.29) is 23.1 Å². The molecule has 0 unspecified atom stereocenters. The number of nitrogens with zero attached hydrogens (tertiary/aromatic N) is 1. The summed E-state index contributed by atoms with van der Waals surface area (Å²) in [7, 11) is 1.21. The van der Waals surface area contributed by atoms with Crippen LogP contribution < -0.4 is 5.32 Å². The fourth-order valence-electron chi connectivity index (χ4n) is 3.22. The Morgan fingerprint density at radius 3 is 2.24 bits per heavy atom. The van der Waals surface area contributed by atoms with Gasteiger partial charge >= 0.3 is 5.97 Å². The molecule has 0 bridgehead atoms. The number of methoxy groups -OCH3 is 1. The maximum absolute atomic E-state index is 14.0. The van der Waals surface area contributed by atoms with Gasteiger partial charge in [-0.2, -0.15) is 0 Å². The monoisotopic (exact) mass is 402 g/mol. The fourth-order valence-corrected chi connectivity index (χ4v) is 3.22. The maximum Gasteiger partial charge on any atom is 0.337 e. The van der Waals surface area contributed by atoms with Crippen LogP contribution >= 0.6 is 0 Å². The van der Waals surface area contributed by atoms with Gasteiger partial charge in [-0.25, -0.2) is 13.6 Å². The van der Waals surface area contributed by atoms with Gasteiger partial charge in [-0.3, -0.25) is 9.59 Å². The highest BCUT2D eigenvalue weighted by Gasteiger charge is 2.28. The second-order valence-corrected chi connectivity index (χ2v) is 6.75. The molecule has 0 spiro atoms. The number of hydrogen-bond acceptors (Lipinski definition) is 4. The molecule has 0 atom stereocenters. The molecule has 152 valence electrons. The Hall–Kier alpha value is -3.29. The van der Waals surface area contributed by atoms with E-state index in [1.165, 1.54) is 43.5 Å². The minimum atomic E-state index is -0.657. The molecular formula is C21H20F2N2O4. The lowest BCUT2D eigenvalue weighted by molar-refractivity contribution is -0.121. The zero-order valence-corrected chi connectivity index (χ0v) is 15.8. The highest BCUT2D eigenvalue weighted by Crippen LogP contribution is 2.23. The molecule has 2 aromatic rings. The van der Waals surface area contributed by atoms with Gasteiger partial charge in [-0.15, -0.1) is 0 Å². The number of nitrogens with one attached hydrogen (secondary N) is 1. The number of piperidine rings is 1. The van der Waals surface area contributed by atoms with Crippen LogP contribution in [0.1, 0.15) is 33.6 Å². The van der Waals surface area contributed by atoms with Gasteiger partial charge in [0.05, 0.1) is 18.4 Å². The largest absolute Gasteiger partial charge is 0.465 e. The summed E-state index contributed by atoms with van der Waals surface area (Å²) in [6.07, 6.45) is 0.828. The van der Waals surface area contributed by atoms with E-state index in [1.54, 1.807) is 4.90 Å². The lowest BCUT2D eigenvalue weighted by atomic mass is 9.95. The van der Waals surface area contributed by atoms with Crippen LogP contribution in [0.25, 0.3) is 0 Å². The lowest BCUT2D eigenvalue weighted by Crippen LogP contribution is -2.41. The van der Waals surface area contributed by atoms with Crippen molar-refractivity contribution in [2.75, 3.05) is 25.5 Å². The standard InChI is InChI=1S/C21H20F2N2O4/c1-29-21(28)15-4-7-17(23)18(12-15)24-19(26)13-8-10-25(11-9-13)20(27)14-2-5-16(22)6-3-14/h2-7,12-13H,8-11H2,1H3,(H,24,26). The number of carbonyl (C=O) groups excluding carboxylic acids is 3. The van der Waals surface area contributed by atoms with E-state index in [0.717, 1.165) is 6.07 Å². The van der Waals surface area contributed by atoms with Gasteiger partial charge in [0.2, 0.25) is 5.91 Å². The minimum Gasteiger partial charge on any atom is -0.465 e. The van der Waals surface area contributed by atoms with Crippen LogP contribution in [-0.2, 0) is 9.53 Å². The molecule has 1 saturated heterocycles. The summed E-state index contributed by atoms with van der Waals surface area (Å²) in [6.45, 7) is 0.720. The van der Waals surface area contributed by atoms with E-state index in [1.807, 2.05) is 0 Å². The average molecular weight is 402 g/mol. The fraction of sp³-hybridized carbons (Fsp3) is 0.286. The van der Waals surface area contributed by atoms with Crippen LogP contribution in [0.4, 0.5) is 14.5 Å². The van der Waals surface area contributed by atoms with Gasteiger partial charge in [0, 0.05) is 24.6 Å². The van der Waals surface area contributed by atoms with Gasteiger partial charge in [0.15, 0.2) is 0 Å². The molecule has 2 aromatic carbocycles. The number of halogens is 2. The molecule has 3 rings (SSSR count). The van der Waals surface area contributed by atoms with Crippen molar-refractivity contribution in [1.82, 2.24) is 4.90 Å². The third kappa shape index (κ3) is 4.77. The first kappa shape index (κ1) is 20.4. The molecule has 1 heterocycles. The molecule has 1 aliphatic rings. The van der Waals surface area contributed by atoms with Gasteiger partial charge < -0.3 is 15.0 Å². The third-order valence-corrected chi connectivity index (χ3v) is 4.89. The summed E-state index contributed by atoms with van der Waals surface area (Å²) < 4.78 is 31.6. The number of esters is 1. The van der Waals surface area contributed by atoms with E-state index in [2.05, 4.69) is 10.1 Å². The van der Waals surface area contributed by atoms with Crippen molar-refractivity contribution in [2.45, 2.75) is 12.8 Å². The normalized spacial score (nSPS) is 14.4. The zero-order valence-electron chi connectivity index (χ0n) is 15.8. The van der Waals surface area contributed by atoms with Crippen LogP contribution in [-0.4, -0.2) is 42.9 Å². The molecule has 6 nitrogen and oxygen atoms in total. The molecule has 0 saturated carbocycles. The second-order valence-electron chi connectivity index (χ2n) is 6.75. The molecule has 1 fully saturated rings. The van der Waals surface area contributed by atoms with Crippen molar-refractivity contribution in [2.24, 2.45) is 5.92 Å². The summed E-state index contributed by atoms with van der Waals surface area (Å²) >= 11 is 0. The van der Waals surface area contributed by atoms with Crippen molar-refractivity contribution < 1.29 is 27.9 Å². The zero-order chi connectivity index (χ0) is 21.0. The lowest BCUT2D eigenvalue weighted by Gasteiger charge is -2.31. The van der Waals surface area contributed by atoms with Crippen LogP contribution in [0.3, 0.4) is 0 Å². The number of carbonyl (C=O) groups is 3. The Kier molecular flexibility index (Phi) is 6.21. The van der Waals surface area contributed by atoms with E-state index >= 15 is 0 Å². The molecule has 8 heteroatoms. The Bertz CT molecular complexity index is 923. The first-order valence-corrected chi connectivity index (χ1v) is 9.12. The van der Waals surface area contributed by atoms with Crippen LogP contribution in [0.5, 0.6) is 0 Å². The number of ether oxygens (including phenoxy) is 1. The number of amides is 2. The molecular weight excluding hydrogens is 382 g/mol. The minimum absolute atomic E-state index is 0.0947. The van der Waals surface area contributed by atoms with E-state index < -0.39 is 23.5 Å². The first-order valence-electron chi connectivity index (χ1n) is 9.12. The van der Waals surface area contributed by atoms with Crippen LogP contribution in [0.2, 0.25) is 0 Å². The molecule has 1 N–H and O–H groups in total. The summed E-state index contributed by atoms with van der Waals surface area (Å²) in [5.41, 5.74) is 0.419. The van der Waals surface area contributed by atoms with E-state index in [9.17, 15) is 23.2 Å². The number of hydrogen-bond donors (Lipinski definition) is 1. The molecule has 29 heavy (non-hydrogen) atoms. The van der Waals surface area contributed by atoms with Crippen molar-refractivity contribution in [3.63, 3.8) is 0 Å². The Morgan fingerprint density at radius 2 is 1.62 bits per heavy atom. The van der Waals surface area contributed by atoms with Gasteiger partial charge in [0.25, 0.3) is 5.91 Å². The van der Waals surface area contributed by atoms with E-state index in [0.29, 0.717) is 31.5 Å². The molecule has 1 aliphatic heterocycles. The summed E-state index contributed by atoms with van der Waals surface area (Å²) in [5, 5.41) is 2.51. The summed E-state index contributed by atoms with van der Waals surface area (Å²) in [5.74, 6) is -2.70. The third-order valence-electron chi connectivity index (χ3n) is 4.89. The number of rotatable bonds is 4. The molecule has 0 radical (unpaired) electrons. The summed E-state index contributed by atoms with van der Waals surface area (Å²) in [4.78, 5) is 38.2. The predicted octanol–water partition coefficient (Wildman–Crippen LogP) is 3.24. The van der Waals surface area contributed by atoms with Crippen molar-refractivity contribution >= 4 is 23.5 Å². The van der Waals surface area contributed by atoms with Crippen molar-refractivity contribution in [3.05, 3.63) is 65.2 Å². The Balaban J connectivity index is 1.60. The van der Waals surface area contributed by atoms with Crippen molar-refractivity contribution in [1.29, 1.82) is 0 Å². The number of likely N-dealkylation sites (tertiary alicyclic amines) is 1. The second kappa shape index (κ2) is 8.81. The number of benzene rings is 2. The van der Waals surface area contributed by atoms with Crippen molar-refractivity contribution in [3.8, 4) is 0 Å². The topological polar surface area (TPSA) is 75.7 Å². The van der Waals surface area contributed by atoms with Gasteiger partial charge in [-0.1, -0.05) is 0 Å². The Morgan fingerprint density at radius 1 is 1.00 bits per heavy atom. The quantitative estimate of drug-likeness (QED) is 0.797. The molecule has 0 aliphatic carbocycles. The van der Waals surface area contributed by atoms with Gasteiger partial charge in [-0.05, 0) is 55.3 Å². The Labute approximate surface area is 166 Å². The van der Waals surface area contributed by atoms with Crippen LogP contribution in [0.15, 0.2) is 42.5 Å². The number of anilines is 1. The maximum atomic E-state index is 14.0. The van der Waals surface area contributed by atoms with Crippen LogP contribution in [0, 0.1) is 17.6 Å². The SMILES string of the molecule is COC(=O)c1ccc(F)c(NC(=O)C2CCN(C(=O)c3ccc(F)cc3)CC2)c1.